The molecular formula is C11H19N5O3. The predicted octanol–water partition coefficient (Wildman–Crippen LogP) is -0.233. The molecule has 8 nitrogen and oxygen atoms in total. The van der Waals surface area contributed by atoms with Crippen molar-refractivity contribution in [1.82, 2.24) is 25.5 Å². The smallest absolute Gasteiger partial charge is 0.313 e. The molecule has 1 N–H and O–H groups in total. The summed E-state index contributed by atoms with van der Waals surface area (Å²) in [5.41, 5.74) is -0.779. The second kappa shape index (κ2) is 6.26. The van der Waals surface area contributed by atoms with Crippen LogP contribution in [0.15, 0.2) is 6.33 Å². The van der Waals surface area contributed by atoms with Gasteiger partial charge in [-0.05, 0) is 31.2 Å². The molecular weight excluding hydrogens is 250 g/mol. The van der Waals surface area contributed by atoms with E-state index in [4.69, 9.17) is 4.74 Å². The Labute approximate surface area is 111 Å². The normalized spacial score (nSPS) is 12.8. The van der Waals surface area contributed by atoms with Gasteiger partial charge in [-0.25, -0.2) is 4.68 Å². The van der Waals surface area contributed by atoms with Crippen molar-refractivity contribution in [3.63, 3.8) is 0 Å². The maximum Gasteiger partial charge on any atom is 0.313 e. The summed E-state index contributed by atoms with van der Waals surface area (Å²) in [6, 6.07) is -0.332. The van der Waals surface area contributed by atoms with Crippen LogP contribution in [0.4, 0.5) is 0 Å². The van der Waals surface area contributed by atoms with E-state index in [-0.39, 0.29) is 24.3 Å². The number of rotatable bonds is 6. The van der Waals surface area contributed by atoms with E-state index < -0.39 is 5.41 Å². The minimum absolute atomic E-state index is 0.167. The molecule has 0 spiro atoms. The first-order valence-corrected chi connectivity index (χ1v) is 5.96. The van der Waals surface area contributed by atoms with E-state index in [0.29, 0.717) is 6.54 Å². The Balaban J connectivity index is 2.45. The second-order valence-corrected chi connectivity index (χ2v) is 4.83. The Hall–Kier alpha value is -1.99. The van der Waals surface area contributed by atoms with Gasteiger partial charge in [0.15, 0.2) is 0 Å². The van der Waals surface area contributed by atoms with Gasteiger partial charge in [-0.2, -0.15) is 0 Å². The zero-order chi connectivity index (χ0) is 14.5. The number of methoxy groups -OCH3 is 1. The molecule has 0 radical (unpaired) electrons. The van der Waals surface area contributed by atoms with Crippen molar-refractivity contribution in [2.45, 2.75) is 39.8 Å². The summed E-state index contributed by atoms with van der Waals surface area (Å²) in [6.07, 6.45) is 1.68. The summed E-state index contributed by atoms with van der Waals surface area (Å²) in [4.78, 5) is 23.4. The minimum Gasteiger partial charge on any atom is -0.469 e. The highest BCUT2D eigenvalue weighted by atomic mass is 16.5. The van der Waals surface area contributed by atoms with Gasteiger partial charge in [0.05, 0.1) is 19.1 Å². The van der Waals surface area contributed by atoms with Gasteiger partial charge < -0.3 is 10.1 Å². The Morgan fingerprint density at radius 1 is 1.47 bits per heavy atom. The maximum atomic E-state index is 11.8. The van der Waals surface area contributed by atoms with Crippen LogP contribution in [-0.2, 0) is 20.9 Å². The van der Waals surface area contributed by atoms with E-state index >= 15 is 0 Å². The van der Waals surface area contributed by atoms with E-state index in [1.807, 2.05) is 0 Å². The van der Waals surface area contributed by atoms with Gasteiger partial charge >= 0.3 is 5.97 Å². The lowest BCUT2D eigenvalue weighted by atomic mass is 9.85. The molecule has 1 atom stereocenters. The van der Waals surface area contributed by atoms with Crippen LogP contribution in [0.25, 0.3) is 0 Å². The molecule has 0 fully saturated rings. The number of aromatic nitrogens is 4. The number of nitrogens with one attached hydrogen (secondary N) is 1. The van der Waals surface area contributed by atoms with E-state index in [9.17, 15) is 9.59 Å². The molecule has 0 bridgehead atoms. The van der Waals surface area contributed by atoms with Gasteiger partial charge in [-0.15, -0.1) is 5.10 Å². The van der Waals surface area contributed by atoms with Crippen molar-refractivity contribution < 1.29 is 14.3 Å². The zero-order valence-corrected chi connectivity index (χ0v) is 11.6. The van der Waals surface area contributed by atoms with Crippen LogP contribution in [-0.4, -0.2) is 45.2 Å². The average Bonchev–Trinajstić information content (AvgIpc) is 2.88. The first-order valence-electron chi connectivity index (χ1n) is 5.96. The molecule has 8 heteroatoms. The lowest BCUT2D eigenvalue weighted by Crippen LogP contribution is -2.47. The average molecular weight is 269 g/mol. The van der Waals surface area contributed by atoms with Crippen molar-refractivity contribution in [1.29, 1.82) is 0 Å². The maximum absolute atomic E-state index is 11.8. The summed E-state index contributed by atoms with van der Waals surface area (Å²) in [7, 11) is 1.33. The highest BCUT2D eigenvalue weighted by molar-refractivity contribution is 5.80. The lowest BCUT2D eigenvalue weighted by molar-refractivity contribution is -0.152. The molecule has 0 unspecified atom stereocenters. The Kier molecular flexibility index (Phi) is 4.96. The quantitative estimate of drug-likeness (QED) is 0.716. The first-order chi connectivity index (χ1) is 8.87. The van der Waals surface area contributed by atoms with Crippen LogP contribution in [0.5, 0.6) is 0 Å². The van der Waals surface area contributed by atoms with Gasteiger partial charge in [-0.3, -0.25) is 9.59 Å². The summed E-state index contributed by atoms with van der Waals surface area (Å²) in [6.45, 7) is 5.62. The Morgan fingerprint density at radius 2 is 2.16 bits per heavy atom. The molecule has 0 aromatic carbocycles. The molecule has 0 saturated heterocycles. The summed E-state index contributed by atoms with van der Waals surface area (Å²) >= 11 is 0. The van der Waals surface area contributed by atoms with Gasteiger partial charge in [-0.1, -0.05) is 0 Å². The van der Waals surface area contributed by atoms with Gasteiger partial charge in [0.1, 0.15) is 6.33 Å². The fourth-order valence-electron chi connectivity index (χ4n) is 1.43. The molecule has 1 amide bonds. The van der Waals surface area contributed by atoms with Crippen LogP contribution in [0, 0.1) is 5.41 Å². The third-order valence-electron chi connectivity index (χ3n) is 3.13. The number of carbonyl (C=O) groups excluding carboxylic acids is 2. The highest BCUT2D eigenvalue weighted by Gasteiger charge is 2.35. The summed E-state index contributed by atoms with van der Waals surface area (Å²) in [5.74, 6) is -0.527. The number of aryl methyl sites for hydroxylation is 1. The third kappa shape index (κ3) is 4.01. The molecule has 106 valence electrons. The molecule has 1 aromatic rings. The number of nitrogens with zero attached hydrogens (tertiary/aromatic N) is 4. The van der Waals surface area contributed by atoms with Gasteiger partial charge in [0.2, 0.25) is 5.91 Å². The number of carbonyl (C=O) groups is 2. The number of hydrogen-bond donors (Lipinski definition) is 1. The fraction of sp³-hybridized carbons (Fsp3) is 0.727. The number of amides is 1. The molecule has 0 aliphatic carbocycles. The second-order valence-electron chi connectivity index (χ2n) is 4.83. The molecule has 0 saturated carbocycles. The zero-order valence-electron chi connectivity index (χ0n) is 11.6. The van der Waals surface area contributed by atoms with Crippen LogP contribution in [0.3, 0.4) is 0 Å². The van der Waals surface area contributed by atoms with Crippen LogP contribution in [0.1, 0.15) is 27.2 Å². The van der Waals surface area contributed by atoms with E-state index in [0.717, 1.165) is 0 Å². The third-order valence-corrected chi connectivity index (χ3v) is 3.13. The van der Waals surface area contributed by atoms with Crippen molar-refractivity contribution >= 4 is 11.9 Å². The lowest BCUT2D eigenvalue weighted by Gasteiger charge is -2.29. The van der Waals surface area contributed by atoms with Crippen LogP contribution >= 0.6 is 0 Å². The van der Waals surface area contributed by atoms with Gasteiger partial charge in [0, 0.05) is 12.5 Å². The van der Waals surface area contributed by atoms with Crippen LogP contribution in [0.2, 0.25) is 0 Å². The van der Waals surface area contributed by atoms with Crippen LogP contribution < -0.4 is 5.32 Å². The largest absolute Gasteiger partial charge is 0.469 e. The SMILES string of the molecule is COC(=O)C(C)(C)[C@H](C)NC(=O)CCn1cnnn1. The number of tetrazole rings is 1. The fourth-order valence-corrected chi connectivity index (χ4v) is 1.43. The summed E-state index contributed by atoms with van der Waals surface area (Å²) in [5, 5.41) is 13.4. The topological polar surface area (TPSA) is 99.0 Å². The van der Waals surface area contributed by atoms with Crippen molar-refractivity contribution in [2.75, 3.05) is 7.11 Å². The predicted molar refractivity (Wildman–Crippen MR) is 65.8 cm³/mol. The number of esters is 1. The molecule has 1 rings (SSSR count). The van der Waals surface area contributed by atoms with Crippen molar-refractivity contribution in [3.8, 4) is 0 Å². The molecule has 0 aliphatic heterocycles. The molecule has 0 aliphatic rings. The number of ether oxygens (including phenoxy) is 1. The van der Waals surface area contributed by atoms with E-state index in [1.165, 1.54) is 18.1 Å². The summed E-state index contributed by atoms with van der Waals surface area (Å²) < 4.78 is 6.18. The highest BCUT2D eigenvalue weighted by Crippen LogP contribution is 2.22. The Bertz CT molecular complexity index is 430. The molecule has 19 heavy (non-hydrogen) atoms. The molecule has 1 heterocycles. The first kappa shape index (κ1) is 15.1. The monoisotopic (exact) mass is 269 g/mol. The van der Waals surface area contributed by atoms with Crippen molar-refractivity contribution in [3.05, 3.63) is 6.33 Å². The molecule has 1 aromatic heterocycles. The van der Waals surface area contributed by atoms with Gasteiger partial charge in [0.25, 0.3) is 0 Å². The van der Waals surface area contributed by atoms with E-state index in [1.54, 1.807) is 20.8 Å². The minimum atomic E-state index is -0.779. The van der Waals surface area contributed by atoms with E-state index in [2.05, 4.69) is 20.8 Å². The van der Waals surface area contributed by atoms with Crippen molar-refractivity contribution in [2.24, 2.45) is 5.41 Å². The Morgan fingerprint density at radius 3 is 2.68 bits per heavy atom. The number of hydrogen-bond acceptors (Lipinski definition) is 6. The standard InChI is InChI=1S/C11H19N5O3/c1-8(11(2,3)10(18)19-4)13-9(17)5-6-16-7-12-14-15-16/h7-8H,5-6H2,1-4H3,(H,13,17)/t8-/m0/s1.